The fraction of sp³-hybridized carbons (Fsp3) is 0.400. The van der Waals surface area contributed by atoms with Gasteiger partial charge in [0.1, 0.15) is 5.82 Å². The minimum atomic E-state index is -0.583. The minimum Gasteiger partial charge on any atom is -0.487 e. The molecule has 0 spiro atoms. The van der Waals surface area contributed by atoms with E-state index >= 15 is 0 Å². The molecule has 0 aromatic heterocycles. The van der Waals surface area contributed by atoms with E-state index in [1.54, 1.807) is 0 Å². The zero-order valence-electron chi connectivity index (χ0n) is 8.40. The molecule has 0 atom stereocenters. The highest BCUT2D eigenvalue weighted by Gasteiger charge is 2.15. The number of halogens is 1. The van der Waals surface area contributed by atoms with Crippen molar-refractivity contribution in [3.63, 3.8) is 0 Å². The summed E-state index contributed by atoms with van der Waals surface area (Å²) < 4.78 is 18.0. The van der Waals surface area contributed by atoms with Crippen molar-refractivity contribution in [1.82, 2.24) is 0 Å². The Kier molecular flexibility index (Phi) is 4.03. The lowest BCUT2D eigenvalue weighted by Crippen LogP contribution is -2.00. The van der Waals surface area contributed by atoms with Crippen molar-refractivity contribution in [3.8, 4) is 5.75 Å². The maximum atomic E-state index is 12.8. The molecule has 0 unspecified atom stereocenters. The summed E-state index contributed by atoms with van der Waals surface area (Å²) in [6.07, 6.45) is 1.71. The molecule has 82 valence electrons. The van der Waals surface area contributed by atoms with Crippen molar-refractivity contribution in [1.29, 1.82) is 0 Å². The SMILES string of the molecule is CCCCOc1cc(F)ccc1[N+](=O)[O-]. The van der Waals surface area contributed by atoms with E-state index in [4.69, 9.17) is 4.74 Å². The average Bonchev–Trinajstić information content (AvgIpc) is 2.18. The van der Waals surface area contributed by atoms with E-state index in [9.17, 15) is 14.5 Å². The first-order valence-corrected chi connectivity index (χ1v) is 4.72. The topological polar surface area (TPSA) is 52.4 Å². The van der Waals surface area contributed by atoms with Crippen LogP contribution in [0.4, 0.5) is 10.1 Å². The Morgan fingerprint density at radius 2 is 2.27 bits per heavy atom. The molecule has 1 rings (SSSR count). The molecule has 0 fully saturated rings. The Balaban J connectivity index is 2.82. The molecular weight excluding hydrogens is 201 g/mol. The summed E-state index contributed by atoms with van der Waals surface area (Å²) in [6.45, 7) is 2.34. The van der Waals surface area contributed by atoms with Gasteiger partial charge in [-0.3, -0.25) is 10.1 Å². The Hall–Kier alpha value is -1.65. The van der Waals surface area contributed by atoms with Gasteiger partial charge in [0.15, 0.2) is 5.75 Å². The Labute approximate surface area is 86.8 Å². The van der Waals surface area contributed by atoms with Crippen LogP contribution in [0.25, 0.3) is 0 Å². The van der Waals surface area contributed by atoms with Gasteiger partial charge in [-0.25, -0.2) is 4.39 Å². The first-order chi connectivity index (χ1) is 7.15. The number of benzene rings is 1. The summed E-state index contributed by atoms with van der Waals surface area (Å²) in [7, 11) is 0. The summed E-state index contributed by atoms with van der Waals surface area (Å²) in [4.78, 5) is 9.99. The highest BCUT2D eigenvalue weighted by molar-refractivity contribution is 5.46. The van der Waals surface area contributed by atoms with E-state index in [2.05, 4.69) is 0 Å². The summed E-state index contributed by atoms with van der Waals surface area (Å²) >= 11 is 0. The fourth-order valence-corrected chi connectivity index (χ4v) is 1.08. The van der Waals surface area contributed by atoms with E-state index in [0.717, 1.165) is 31.0 Å². The number of nitro benzene ring substituents is 1. The number of unbranched alkanes of at least 4 members (excludes halogenated alkanes) is 1. The number of nitrogens with zero attached hydrogens (tertiary/aromatic N) is 1. The Morgan fingerprint density at radius 1 is 1.53 bits per heavy atom. The lowest BCUT2D eigenvalue weighted by molar-refractivity contribution is -0.385. The third kappa shape index (κ3) is 3.19. The van der Waals surface area contributed by atoms with Gasteiger partial charge < -0.3 is 4.74 Å². The number of ether oxygens (including phenoxy) is 1. The van der Waals surface area contributed by atoms with Crippen molar-refractivity contribution >= 4 is 5.69 Å². The molecule has 0 aliphatic rings. The highest BCUT2D eigenvalue weighted by Crippen LogP contribution is 2.27. The highest BCUT2D eigenvalue weighted by atomic mass is 19.1. The van der Waals surface area contributed by atoms with Crippen LogP contribution < -0.4 is 4.74 Å². The van der Waals surface area contributed by atoms with Gasteiger partial charge in [0, 0.05) is 12.1 Å². The molecule has 0 bridgehead atoms. The second-order valence-corrected chi connectivity index (χ2v) is 3.07. The van der Waals surface area contributed by atoms with Crippen LogP contribution in [-0.4, -0.2) is 11.5 Å². The average molecular weight is 213 g/mol. The maximum absolute atomic E-state index is 12.8. The van der Waals surface area contributed by atoms with E-state index < -0.39 is 10.7 Å². The standard InChI is InChI=1S/C10H12FNO3/c1-2-3-6-15-10-7-8(11)4-5-9(10)12(13)14/h4-5,7H,2-3,6H2,1H3. The number of hydrogen-bond donors (Lipinski definition) is 0. The first-order valence-electron chi connectivity index (χ1n) is 4.72. The molecule has 0 radical (unpaired) electrons. The molecule has 1 aromatic carbocycles. The third-order valence-corrected chi connectivity index (χ3v) is 1.87. The number of nitro groups is 1. The fourth-order valence-electron chi connectivity index (χ4n) is 1.08. The zero-order chi connectivity index (χ0) is 11.3. The smallest absolute Gasteiger partial charge is 0.311 e. The molecule has 1 aromatic rings. The second-order valence-electron chi connectivity index (χ2n) is 3.07. The van der Waals surface area contributed by atoms with Crippen LogP contribution in [0.2, 0.25) is 0 Å². The maximum Gasteiger partial charge on any atom is 0.311 e. The molecule has 0 saturated carbocycles. The molecular formula is C10H12FNO3. The van der Waals surface area contributed by atoms with Gasteiger partial charge in [0.05, 0.1) is 11.5 Å². The van der Waals surface area contributed by atoms with Crippen LogP contribution in [0.5, 0.6) is 5.75 Å². The zero-order valence-corrected chi connectivity index (χ0v) is 8.40. The van der Waals surface area contributed by atoms with E-state index in [1.165, 1.54) is 0 Å². The molecule has 0 heterocycles. The number of rotatable bonds is 5. The van der Waals surface area contributed by atoms with E-state index in [-0.39, 0.29) is 11.4 Å². The van der Waals surface area contributed by atoms with Crippen LogP contribution in [0.1, 0.15) is 19.8 Å². The van der Waals surface area contributed by atoms with Gasteiger partial charge in [-0.15, -0.1) is 0 Å². The molecule has 0 saturated heterocycles. The largest absolute Gasteiger partial charge is 0.487 e. The summed E-state index contributed by atoms with van der Waals surface area (Å²) in [5.74, 6) is -0.541. The predicted molar refractivity (Wildman–Crippen MR) is 53.5 cm³/mol. The molecule has 0 N–H and O–H groups in total. The first kappa shape index (κ1) is 11.4. The van der Waals surface area contributed by atoms with Crippen LogP contribution in [0.15, 0.2) is 18.2 Å². The van der Waals surface area contributed by atoms with Gasteiger partial charge in [0.25, 0.3) is 0 Å². The quantitative estimate of drug-likeness (QED) is 0.429. The predicted octanol–water partition coefficient (Wildman–Crippen LogP) is 2.91. The number of hydrogen-bond acceptors (Lipinski definition) is 3. The van der Waals surface area contributed by atoms with Gasteiger partial charge in [-0.1, -0.05) is 13.3 Å². The van der Waals surface area contributed by atoms with Crippen molar-refractivity contribution in [2.75, 3.05) is 6.61 Å². The van der Waals surface area contributed by atoms with Crippen LogP contribution in [0.3, 0.4) is 0 Å². The third-order valence-electron chi connectivity index (χ3n) is 1.87. The Bertz CT molecular complexity index is 355. The summed E-state index contributed by atoms with van der Waals surface area (Å²) in [6, 6.07) is 3.19. The van der Waals surface area contributed by atoms with Crippen molar-refractivity contribution in [3.05, 3.63) is 34.1 Å². The monoisotopic (exact) mass is 213 g/mol. The van der Waals surface area contributed by atoms with Crippen LogP contribution in [0, 0.1) is 15.9 Å². The van der Waals surface area contributed by atoms with Gasteiger partial charge in [-0.05, 0) is 12.5 Å². The van der Waals surface area contributed by atoms with Crippen LogP contribution >= 0.6 is 0 Å². The Morgan fingerprint density at radius 3 is 2.87 bits per heavy atom. The van der Waals surface area contributed by atoms with Crippen molar-refractivity contribution in [2.45, 2.75) is 19.8 Å². The normalized spacial score (nSPS) is 10.0. The van der Waals surface area contributed by atoms with E-state index in [0.29, 0.717) is 6.61 Å². The van der Waals surface area contributed by atoms with Crippen molar-refractivity contribution < 1.29 is 14.1 Å². The second kappa shape index (κ2) is 5.29. The summed E-state index contributed by atoms with van der Waals surface area (Å²) in [5.41, 5.74) is -0.201. The van der Waals surface area contributed by atoms with Crippen molar-refractivity contribution in [2.24, 2.45) is 0 Å². The van der Waals surface area contributed by atoms with Gasteiger partial charge >= 0.3 is 5.69 Å². The molecule has 0 aliphatic carbocycles. The molecule has 5 heteroatoms. The lowest BCUT2D eigenvalue weighted by Gasteiger charge is -2.05. The van der Waals surface area contributed by atoms with Gasteiger partial charge in [-0.2, -0.15) is 0 Å². The van der Waals surface area contributed by atoms with E-state index in [1.807, 2.05) is 6.92 Å². The lowest BCUT2D eigenvalue weighted by atomic mass is 10.3. The molecule has 15 heavy (non-hydrogen) atoms. The molecule has 0 amide bonds. The molecule has 0 aliphatic heterocycles. The minimum absolute atomic E-state index is 0.00606. The molecule has 4 nitrogen and oxygen atoms in total. The van der Waals surface area contributed by atoms with Gasteiger partial charge in [0.2, 0.25) is 0 Å². The summed E-state index contributed by atoms with van der Waals surface area (Å²) in [5, 5.41) is 10.6. The van der Waals surface area contributed by atoms with Crippen LogP contribution in [-0.2, 0) is 0 Å².